The van der Waals surface area contributed by atoms with Gasteiger partial charge in [0, 0.05) is 11.3 Å². The summed E-state index contributed by atoms with van der Waals surface area (Å²) in [5.41, 5.74) is -0.588. The number of ether oxygens (including phenoxy) is 1. The van der Waals surface area contributed by atoms with Crippen LogP contribution in [0.25, 0.3) is 0 Å². The van der Waals surface area contributed by atoms with Crippen LogP contribution < -0.4 is 5.32 Å². The fourth-order valence-corrected chi connectivity index (χ4v) is 7.94. The maximum Gasteiger partial charge on any atom is 0.227 e. The number of halogens is 2. The van der Waals surface area contributed by atoms with E-state index in [1.165, 1.54) is 30.3 Å². The van der Waals surface area contributed by atoms with Gasteiger partial charge in [0.2, 0.25) is 5.91 Å². The lowest BCUT2D eigenvalue weighted by molar-refractivity contribution is -0.130. The average molecular weight is 572 g/mol. The average Bonchev–Trinajstić information content (AvgIpc) is 3.44. The van der Waals surface area contributed by atoms with Crippen LogP contribution in [0.2, 0.25) is 10.0 Å². The first kappa shape index (κ1) is 26.9. The van der Waals surface area contributed by atoms with Crippen molar-refractivity contribution in [1.29, 1.82) is 5.26 Å². The Labute approximate surface area is 220 Å². The summed E-state index contributed by atoms with van der Waals surface area (Å²) in [5.74, 6) is -1.32. The maximum absolute atomic E-state index is 13.4. The van der Waals surface area contributed by atoms with Crippen LogP contribution in [0.15, 0.2) is 52.3 Å². The third-order valence-corrected chi connectivity index (χ3v) is 10.7. The summed E-state index contributed by atoms with van der Waals surface area (Å²) in [6, 6.07) is 12.6. The molecule has 8 nitrogen and oxygen atoms in total. The van der Waals surface area contributed by atoms with Gasteiger partial charge in [0.15, 0.2) is 19.7 Å². The molecule has 2 saturated carbocycles. The summed E-state index contributed by atoms with van der Waals surface area (Å²) in [6.07, 6.45) is 1.26. The molecule has 2 aromatic rings. The van der Waals surface area contributed by atoms with Crippen molar-refractivity contribution in [2.24, 2.45) is 5.92 Å². The first-order valence-electron chi connectivity index (χ1n) is 11.2. The summed E-state index contributed by atoms with van der Waals surface area (Å²) in [6.45, 7) is -0.170. The smallest absolute Gasteiger partial charge is 0.227 e. The van der Waals surface area contributed by atoms with Crippen LogP contribution in [0, 0.1) is 17.2 Å². The van der Waals surface area contributed by atoms with E-state index in [1.54, 1.807) is 12.1 Å². The molecule has 0 aliphatic heterocycles. The van der Waals surface area contributed by atoms with E-state index in [1.807, 2.05) is 0 Å². The van der Waals surface area contributed by atoms with Crippen LogP contribution in [0.3, 0.4) is 0 Å². The molecule has 4 rings (SSSR count). The van der Waals surface area contributed by atoms with Crippen molar-refractivity contribution in [2.75, 3.05) is 6.26 Å². The summed E-state index contributed by atoms with van der Waals surface area (Å²) in [7, 11) is -7.51. The predicted octanol–water partition coefficient (Wildman–Crippen LogP) is 3.71. The van der Waals surface area contributed by atoms with E-state index >= 15 is 0 Å². The zero-order valence-electron chi connectivity index (χ0n) is 19.3. The van der Waals surface area contributed by atoms with E-state index in [2.05, 4.69) is 11.4 Å². The van der Waals surface area contributed by atoms with Gasteiger partial charge in [0.05, 0.1) is 44.8 Å². The molecule has 2 aliphatic rings. The second kappa shape index (κ2) is 9.95. The molecule has 1 N–H and O–H groups in total. The molecule has 2 fully saturated rings. The number of nitrogens with one attached hydrogen (secondary N) is 1. The lowest BCUT2D eigenvalue weighted by atomic mass is 10.0. The van der Waals surface area contributed by atoms with Gasteiger partial charge in [-0.2, -0.15) is 5.26 Å². The molecule has 192 valence electrons. The molecule has 2 aliphatic carbocycles. The highest BCUT2D eigenvalue weighted by molar-refractivity contribution is 7.92. The quantitative estimate of drug-likeness (QED) is 0.511. The number of carbonyl (C=O) groups is 1. The lowest BCUT2D eigenvalue weighted by Crippen LogP contribution is -2.42. The van der Waals surface area contributed by atoms with Gasteiger partial charge in [-0.25, -0.2) is 16.8 Å². The number of nitrogens with zero attached hydrogens (tertiary/aromatic N) is 1. The number of carbonyl (C=O) groups excluding carboxylic acids is 1. The van der Waals surface area contributed by atoms with E-state index in [0.717, 1.165) is 6.26 Å². The molecule has 2 aromatic carbocycles. The second-order valence-electron chi connectivity index (χ2n) is 9.23. The number of nitriles is 1. The number of sulfone groups is 2. The van der Waals surface area contributed by atoms with Crippen molar-refractivity contribution in [3.63, 3.8) is 0 Å². The van der Waals surface area contributed by atoms with Crippen LogP contribution in [-0.2, 0) is 35.8 Å². The summed E-state index contributed by atoms with van der Waals surface area (Å²) >= 11 is 12.1. The van der Waals surface area contributed by atoms with E-state index in [0.29, 0.717) is 18.4 Å². The fraction of sp³-hybridized carbons (Fsp3) is 0.417. The number of hydrogen-bond donors (Lipinski definition) is 1. The SMILES string of the molecule is CS(=O)(=O)c1cc(Cl)ccc1CO[C@@H]1C[C@H](S(=O)(=O)c2ccccc2Cl)C[C@H]1C(=O)NC1(C#N)CC1. The van der Waals surface area contributed by atoms with Crippen LogP contribution >= 0.6 is 23.2 Å². The van der Waals surface area contributed by atoms with Crippen LogP contribution in [-0.4, -0.2) is 45.9 Å². The Morgan fingerprint density at radius 3 is 2.42 bits per heavy atom. The van der Waals surface area contributed by atoms with Gasteiger partial charge in [-0.1, -0.05) is 41.4 Å². The van der Waals surface area contributed by atoms with Crippen molar-refractivity contribution in [1.82, 2.24) is 5.32 Å². The van der Waals surface area contributed by atoms with Gasteiger partial charge in [0.1, 0.15) is 5.54 Å². The summed E-state index contributed by atoms with van der Waals surface area (Å²) in [5, 5.41) is 11.5. The number of amides is 1. The van der Waals surface area contributed by atoms with Gasteiger partial charge in [-0.3, -0.25) is 4.79 Å². The molecule has 0 aromatic heterocycles. The van der Waals surface area contributed by atoms with Gasteiger partial charge in [-0.15, -0.1) is 0 Å². The molecule has 36 heavy (non-hydrogen) atoms. The molecule has 0 bridgehead atoms. The molecular weight excluding hydrogens is 547 g/mol. The highest BCUT2D eigenvalue weighted by Crippen LogP contribution is 2.40. The Hall–Kier alpha value is -2.16. The van der Waals surface area contributed by atoms with Crippen molar-refractivity contribution < 1.29 is 26.4 Å². The molecule has 0 radical (unpaired) electrons. The number of hydrogen-bond acceptors (Lipinski definition) is 7. The van der Waals surface area contributed by atoms with Gasteiger partial charge >= 0.3 is 0 Å². The number of rotatable bonds is 8. The summed E-state index contributed by atoms with van der Waals surface area (Å²) < 4.78 is 57.3. The third-order valence-electron chi connectivity index (χ3n) is 6.59. The predicted molar refractivity (Wildman–Crippen MR) is 134 cm³/mol. The van der Waals surface area contributed by atoms with Crippen molar-refractivity contribution in [3.05, 3.63) is 58.1 Å². The van der Waals surface area contributed by atoms with Crippen LogP contribution in [0.1, 0.15) is 31.2 Å². The Morgan fingerprint density at radius 2 is 1.81 bits per heavy atom. The van der Waals surface area contributed by atoms with Crippen LogP contribution in [0.5, 0.6) is 0 Å². The zero-order valence-corrected chi connectivity index (χ0v) is 22.4. The minimum Gasteiger partial charge on any atom is -0.373 e. The first-order chi connectivity index (χ1) is 16.9. The molecular formula is C24H24Cl2N2O6S2. The van der Waals surface area contributed by atoms with Crippen LogP contribution in [0.4, 0.5) is 0 Å². The van der Waals surface area contributed by atoms with Crippen molar-refractivity contribution >= 4 is 48.8 Å². The highest BCUT2D eigenvalue weighted by atomic mass is 35.5. The molecule has 0 spiro atoms. The standard InChI is InChI=1S/C24H24Cl2N2O6S2/c1-35(30,31)22-10-16(25)7-6-15(22)13-34-20-12-17(36(32,33)21-5-3-2-4-19(21)26)11-18(20)23(29)28-24(14-27)8-9-24/h2-7,10,17-18,20H,8-9,11-13H2,1H3,(H,28,29)/t17-,18-,20-/m1/s1. The molecule has 3 atom stereocenters. The fourth-order valence-electron chi connectivity index (χ4n) is 4.43. The van der Waals surface area contributed by atoms with Gasteiger partial charge in [0.25, 0.3) is 0 Å². The largest absolute Gasteiger partial charge is 0.373 e. The highest BCUT2D eigenvalue weighted by Gasteiger charge is 2.50. The van der Waals surface area contributed by atoms with Gasteiger partial charge in [-0.05, 0) is 55.5 Å². The van der Waals surface area contributed by atoms with Gasteiger partial charge < -0.3 is 10.1 Å². The molecule has 0 heterocycles. The summed E-state index contributed by atoms with van der Waals surface area (Å²) in [4.78, 5) is 13.1. The number of benzene rings is 2. The second-order valence-corrected chi connectivity index (χ2v) is 14.3. The van der Waals surface area contributed by atoms with Crippen molar-refractivity contribution in [2.45, 2.75) is 59.0 Å². The van der Waals surface area contributed by atoms with E-state index in [9.17, 15) is 26.9 Å². The Kier molecular flexibility index (Phi) is 7.43. The molecule has 0 saturated heterocycles. The molecule has 0 unspecified atom stereocenters. The first-order valence-corrected chi connectivity index (χ1v) is 15.4. The molecule has 1 amide bonds. The minimum absolute atomic E-state index is 0.00403. The van der Waals surface area contributed by atoms with E-state index in [4.69, 9.17) is 27.9 Å². The minimum atomic E-state index is -3.89. The normalized spacial score (nSPS) is 23.1. The monoisotopic (exact) mass is 570 g/mol. The third kappa shape index (κ3) is 5.55. The Morgan fingerprint density at radius 1 is 1.11 bits per heavy atom. The topological polar surface area (TPSA) is 130 Å². The van der Waals surface area contributed by atoms with E-state index in [-0.39, 0.29) is 39.3 Å². The van der Waals surface area contributed by atoms with E-state index < -0.39 is 48.4 Å². The van der Waals surface area contributed by atoms with Crippen molar-refractivity contribution in [3.8, 4) is 6.07 Å². The lowest BCUT2D eigenvalue weighted by Gasteiger charge is -2.21. The Bertz CT molecular complexity index is 1450. The zero-order chi connectivity index (χ0) is 26.3. The Balaban J connectivity index is 1.61. The molecule has 12 heteroatoms. The maximum atomic E-state index is 13.4.